The number of anilines is 1. The maximum atomic E-state index is 12.9. The predicted octanol–water partition coefficient (Wildman–Crippen LogP) is 4.25. The summed E-state index contributed by atoms with van der Waals surface area (Å²) in [7, 11) is 0. The van der Waals surface area contributed by atoms with Gasteiger partial charge in [0.15, 0.2) is 11.6 Å². The summed E-state index contributed by atoms with van der Waals surface area (Å²) in [5.41, 5.74) is 2.49. The summed E-state index contributed by atoms with van der Waals surface area (Å²) in [4.78, 5) is 17.5. The molecular formula is C23H19N5O2. The molecule has 0 aliphatic heterocycles. The van der Waals surface area contributed by atoms with E-state index in [1.165, 1.54) is 10.9 Å². The number of para-hydroxylation sites is 1. The van der Waals surface area contributed by atoms with E-state index in [4.69, 9.17) is 4.74 Å². The van der Waals surface area contributed by atoms with E-state index in [1.54, 1.807) is 24.3 Å². The number of nitrogens with zero attached hydrogens (tertiary/aromatic N) is 4. The van der Waals surface area contributed by atoms with Crippen molar-refractivity contribution in [1.82, 2.24) is 14.8 Å². The number of hydrogen-bond acceptors (Lipinski definition) is 5. The van der Waals surface area contributed by atoms with Gasteiger partial charge in [0.25, 0.3) is 5.91 Å². The van der Waals surface area contributed by atoms with E-state index in [1.807, 2.05) is 44.2 Å². The number of aromatic nitrogens is 3. The lowest BCUT2D eigenvalue weighted by Crippen LogP contribution is -2.16. The Balaban J connectivity index is 1.74. The van der Waals surface area contributed by atoms with Gasteiger partial charge in [0, 0.05) is 10.9 Å². The van der Waals surface area contributed by atoms with Crippen LogP contribution in [0.2, 0.25) is 0 Å². The van der Waals surface area contributed by atoms with Crippen LogP contribution in [0.4, 0.5) is 5.82 Å². The molecule has 0 radical (unpaired) electrons. The van der Waals surface area contributed by atoms with E-state index in [9.17, 15) is 10.1 Å². The van der Waals surface area contributed by atoms with Crippen LogP contribution in [0, 0.1) is 18.3 Å². The highest BCUT2D eigenvalue weighted by atomic mass is 16.5. The molecule has 0 fully saturated rings. The third kappa shape index (κ3) is 3.59. The summed E-state index contributed by atoms with van der Waals surface area (Å²) in [6, 6.07) is 18.6. The Hall–Kier alpha value is -4.18. The summed E-state index contributed by atoms with van der Waals surface area (Å²) < 4.78 is 6.94. The number of hydrogen-bond donors (Lipinski definition) is 1. The van der Waals surface area contributed by atoms with Crippen molar-refractivity contribution in [2.75, 3.05) is 11.9 Å². The fourth-order valence-electron chi connectivity index (χ4n) is 3.24. The van der Waals surface area contributed by atoms with E-state index in [0.717, 1.165) is 16.5 Å². The molecule has 0 atom stereocenters. The normalized spacial score (nSPS) is 10.6. The highest BCUT2D eigenvalue weighted by Crippen LogP contribution is 2.24. The molecule has 1 N–H and O–H groups in total. The molecule has 2 heterocycles. The van der Waals surface area contributed by atoms with Gasteiger partial charge >= 0.3 is 0 Å². The van der Waals surface area contributed by atoms with Crippen LogP contribution in [0.1, 0.15) is 28.4 Å². The molecule has 30 heavy (non-hydrogen) atoms. The van der Waals surface area contributed by atoms with Crippen LogP contribution in [0.25, 0.3) is 16.7 Å². The molecular weight excluding hydrogens is 378 g/mol. The fourth-order valence-corrected chi connectivity index (χ4v) is 3.24. The highest BCUT2D eigenvalue weighted by Gasteiger charge is 2.18. The largest absolute Gasteiger partial charge is 0.494 e. The van der Waals surface area contributed by atoms with Crippen molar-refractivity contribution in [3.05, 3.63) is 77.5 Å². The van der Waals surface area contributed by atoms with E-state index < -0.39 is 0 Å². The molecule has 148 valence electrons. The lowest BCUT2D eigenvalue weighted by molar-refractivity contribution is 0.102. The van der Waals surface area contributed by atoms with Gasteiger partial charge in [0.2, 0.25) is 0 Å². The molecule has 7 heteroatoms. The van der Waals surface area contributed by atoms with Crippen LogP contribution in [-0.4, -0.2) is 27.3 Å². The minimum Gasteiger partial charge on any atom is -0.494 e. The number of nitrogens with one attached hydrogen (secondary N) is 1. The molecule has 0 aliphatic rings. The Morgan fingerprint density at radius 3 is 2.83 bits per heavy atom. The second kappa shape index (κ2) is 8.05. The Bertz CT molecular complexity index is 1290. The van der Waals surface area contributed by atoms with E-state index in [-0.39, 0.29) is 17.3 Å². The number of aryl methyl sites for hydroxylation is 1. The van der Waals surface area contributed by atoms with Crippen LogP contribution >= 0.6 is 0 Å². The standard InChI is InChI=1S/C23H19N5O2/c1-3-30-18-8-6-7-16(12-18)23(29)27-22-17(13-24)14-25-28(22)21-11-15(2)19-9-4-5-10-20(19)26-21/h4-12,14H,3H2,1-2H3,(H,27,29). The van der Waals surface area contributed by atoms with E-state index >= 15 is 0 Å². The van der Waals surface area contributed by atoms with Crippen molar-refractivity contribution in [2.45, 2.75) is 13.8 Å². The van der Waals surface area contributed by atoms with Crippen LogP contribution in [0.5, 0.6) is 5.75 Å². The molecule has 0 saturated carbocycles. The smallest absolute Gasteiger partial charge is 0.256 e. The molecule has 1 amide bonds. The lowest BCUT2D eigenvalue weighted by atomic mass is 10.1. The van der Waals surface area contributed by atoms with Gasteiger partial charge in [-0.2, -0.15) is 15.0 Å². The van der Waals surface area contributed by atoms with Crippen LogP contribution < -0.4 is 10.1 Å². The molecule has 4 aromatic rings. The first-order valence-corrected chi connectivity index (χ1v) is 9.50. The molecule has 0 unspecified atom stereocenters. The van der Waals surface area contributed by atoms with Gasteiger partial charge in [-0.3, -0.25) is 4.79 Å². The number of pyridine rings is 1. The van der Waals surface area contributed by atoms with Crippen LogP contribution in [-0.2, 0) is 0 Å². The van der Waals surface area contributed by atoms with Crippen molar-refractivity contribution in [3.8, 4) is 17.6 Å². The van der Waals surface area contributed by atoms with E-state index in [2.05, 4.69) is 21.5 Å². The fraction of sp³-hybridized carbons (Fsp3) is 0.130. The molecule has 2 aromatic heterocycles. The van der Waals surface area contributed by atoms with Gasteiger partial charge in [-0.25, -0.2) is 4.98 Å². The number of fused-ring (bicyclic) bond motifs is 1. The van der Waals surface area contributed by atoms with Crippen molar-refractivity contribution >= 4 is 22.6 Å². The zero-order valence-electron chi connectivity index (χ0n) is 16.6. The lowest BCUT2D eigenvalue weighted by Gasteiger charge is -2.11. The van der Waals surface area contributed by atoms with Crippen molar-refractivity contribution < 1.29 is 9.53 Å². The monoisotopic (exact) mass is 397 g/mol. The van der Waals surface area contributed by atoms with Crippen LogP contribution in [0.3, 0.4) is 0 Å². The summed E-state index contributed by atoms with van der Waals surface area (Å²) in [5, 5.41) is 17.6. The minimum absolute atomic E-state index is 0.247. The average molecular weight is 397 g/mol. The summed E-state index contributed by atoms with van der Waals surface area (Å²) in [6.45, 7) is 4.37. The van der Waals surface area contributed by atoms with Gasteiger partial charge in [0.1, 0.15) is 17.4 Å². The Morgan fingerprint density at radius 1 is 1.20 bits per heavy atom. The van der Waals surface area contributed by atoms with E-state index in [0.29, 0.717) is 23.7 Å². The molecule has 2 aromatic carbocycles. The SMILES string of the molecule is CCOc1cccc(C(=O)Nc2c(C#N)cnn2-c2cc(C)c3ccccc3n2)c1. The first kappa shape index (κ1) is 19.2. The maximum Gasteiger partial charge on any atom is 0.256 e. The van der Waals surface area contributed by atoms with Gasteiger partial charge in [-0.1, -0.05) is 24.3 Å². The van der Waals surface area contributed by atoms with Crippen molar-refractivity contribution in [1.29, 1.82) is 5.26 Å². The second-order valence-corrected chi connectivity index (χ2v) is 6.66. The van der Waals surface area contributed by atoms with Gasteiger partial charge in [-0.05, 0) is 49.7 Å². The number of benzene rings is 2. The summed E-state index contributed by atoms with van der Waals surface area (Å²) in [6.07, 6.45) is 1.42. The number of carbonyl (C=O) groups is 1. The number of amides is 1. The Kier molecular flexibility index (Phi) is 5.14. The number of ether oxygens (including phenoxy) is 1. The van der Waals surface area contributed by atoms with Gasteiger partial charge in [0.05, 0.1) is 18.3 Å². The molecule has 0 bridgehead atoms. The van der Waals surface area contributed by atoms with Gasteiger partial charge < -0.3 is 10.1 Å². The minimum atomic E-state index is -0.368. The number of carbonyl (C=O) groups excluding carboxylic acids is 1. The van der Waals surface area contributed by atoms with Crippen molar-refractivity contribution in [3.63, 3.8) is 0 Å². The second-order valence-electron chi connectivity index (χ2n) is 6.66. The average Bonchev–Trinajstić information content (AvgIpc) is 3.16. The number of rotatable bonds is 5. The molecule has 0 spiro atoms. The summed E-state index contributed by atoms with van der Waals surface area (Å²) >= 11 is 0. The molecule has 0 saturated heterocycles. The quantitative estimate of drug-likeness (QED) is 0.543. The Morgan fingerprint density at radius 2 is 2.03 bits per heavy atom. The summed E-state index contributed by atoms with van der Waals surface area (Å²) in [5.74, 6) is 1.02. The van der Waals surface area contributed by atoms with Crippen molar-refractivity contribution in [2.24, 2.45) is 0 Å². The van der Waals surface area contributed by atoms with Gasteiger partial charge in [-0.15, -0.1) is 0 Å². The zero-order chi connectivity index (χ0) is 21.1. The number of nitriles is 1. The predicted molar refractivity (Wildman–Crippen MR) is 114 cm³/mol. The molecule has 4 rings (SSSR count). The highest BCUT2D eigenvalue weighted by molar-refractivity contribution is 6.04. The molecule has 7 nitrogen and oxygen atoms in total. The zero-order valence-corrected chi connectivity index (χ0v) is 16.6. The molecule has 0 aliphatic carbocycles. The Labute approximate surface area is 173 Å². The maximum absolute atomic E-state index is 12.9. The third-order valence-electron chi connectivity index (χ3n) is 4.66. The topological polar surface area (TPSA) is 92.8 Å². The third-order valence-corrected chi connectivity index (χ3v) is 4.66. The van der Waals surface area contributed by atoms with Crippen LogP contribution in [0.15, 0.2) is 60.8 Å². The first-order valence-electron chi connectivity index (χ1n) is 9.50. The first-order chi connectivity index (χ1) is 14.6.